The van der Waals surface area contributed by atoms with Crippen molar-refractivity contribution >= 4 is 0 Å². The molecule has 4 heteroatoms. The van der Waals surface area contributed by atoms with Gasteiger partial charge in [-0.25, -0.2) is 0 Å². The minimum atomic E-state index is -0.395. The minimum Gasteiger partial charge on any atom is -0.392 e. The topological polar surface area (TPSA) is 58.9 Å². The van der Waals surface area contributed by atoms with Crippen molar-refractivity contribution in [2.45, 2.75) is 70.1 Å². The van der Waals surface area contributed by atoms with Crippen LogP contribution in [0.3, 0.4) is 0 Å². The van der Waals surface area contributed by atoms with Gasteiger partial charge in [0.2, 0.25) is 0 Å². The van der Waals surface area contributed by atoms with Crippen molar-refractivity contribution in [2.24, 2.45) is 11.8 Å². The Bertz CT molecular complexity index is 318. The zero-order valence-corrected chi connectivity index (χ0v) is 12.6. The molecular formula is C16H28O4. The first-order valence-corrected chi connectivity index (χ1v) is 7.88. The molecule has 1 saturated heterocycles. The van der Waals surface area contributed by atoms with Crippen molar-refractivity contribution in [1.29, 1.82) is 0 Å². The third-order valence-corrected chi connectivity index (χ3v) is 4.60. The van der Waals surface area contributed by atoms with Crippen LogP contribution in [0.5, 0.6) is 0 Å². The van der Waals surface area contributed by atoms with Gasteiger partial charge < -0.3 is 19.7 Å². The fourth-order valence-electron chi connectivity index (χ4n) is 3.42. The van der Waals surface area contributed by atoms with Crippen LogP contribution in [0.15, 0.2) is 12.2 Å². The maximum atomic E-state index is 10.1. The first kappa shape index (κ1) is 16.0. The van der Waals surface area contributed by atoms with Crippen LogP contribution in [-0.4, -0.2) is 41.9 Å². The van der Waals surface area contributed by atoms with E-state index in [0.29, 0.717) is 12.3 Å². The predicted octanol–water partition coefficient (Wildman–Crippen LogP) is 2.24. The molecule has 0 aromatic carbocycles. The van der Waals surface area contributed by atoms with E-state index in [9.17, 15) is 10.2 Å². The van der Waals surface area contributed by atoms with Gasteiger partial charge in [0.05, 0.1) is 18.3 Å². The van der Waals surface area contributed by atoms with Gasteiger partial charge in [-0.3, -0.25) is 0 Å². The Morgan fingerprint density at radius 3 is 2.85 bits per heavy atom. The maximum Gasteiger partial charge on any atom is 0.157 e. The van der Waals surface area contributed by atoms with Crippen molar-refractivity contribution in [3.05, 3.63) is 12.2 Å². The summed E-state index contributed by atoms with van der Waals surface area (Å²) in [6, 6.07) is 0. The van der Waals surface area contributed by atoms with E-state index in [-0.39, 0.29) is 24.4 Å². The summed E-state index contributed by atoms with van der Waals surface area (Å²) >= 11 is 0. The number of unbranched alkanes of at least 4 members (excludes halogenated alkanes) is 2. The Labute approximate surface area is 121 Å². The highest BCUT2D eigenvalue weighted by atomic mass is 16.7. The van der Waals surface area contributed by atoms with E-state index >= 15 is 0 Å². The maximum absolute atomic E-state index is 10.1. The van der Waals surface area contributed by atoms with Gasteiger partial charge in [0.15, 0.2) is 6.29 Å². The summed E-state index contributed by atoms with van der Waals surface area (Å²) in [5.41, 5.74) is 0. The SMILES string of the molecule is CCCCC[C@H](O)C=CC1C(O)C[C@H]2OC(OC)C[C@H]12. The molecule has 3 unspecified atom stereocenters. The molecule has 116 valence electrons. The molecule has 1 aliphatic carbocycles. The summed E-state index contributed by atoms with van der Waals surface area (Å²) in [4.78, 5) is 0. The Kier molecular flexibility index (Phi) is 6.02. The smallest absolute Gasteiger partial charge is 0.157 e. The van der Waals surface area contributed by atoms with Crippen LogP contribution in [-0.2, 0) is 9.47 Å². The molecule has 1 heterocycles. The van der Waals surface area contributed by atoms with Crippen LogP contribution < -0.4 is 0 Å². The summed E-state index contributed by atoms with van der Waals surface area (Å²) in [6.07, 6.45) is 8.74. The molecule has 20 heavy (non-hydrogen) atoms. The molecular weight excluding hydrogens is 256 g/mol. The molecule has 0 spiro atoms. The summed E-state index contributed by atoms with van der Waals surface area (Å²) < 4.78 is 11.0. The van der Waals surface area contributed by atoms with Gasteiger partial charge in [-0.15, -0.1) is 0 Å². The summed E-state index contributed by atoms with van der Waals surface area (Å²) in [5.74, 6) is 0.398. The molecule has 2 rings (SSSR count). The highest BCUT2D eigenvalue weighted by Gasteiger charge is 2.48. The van der Waals surface area contributed by atoms with Crippen molar-refractivity contribution in [1.82, 2.24) is 0 Å². The van der Waals surface area contributed by atoms with Crippen LogP contribution in [0.2, 0.25) is 0 Å². The number of aliphatic hydroxyl groups is 2. The third-order valence-electron chi connectivity index (χ3n) is 4.60. The van der Waals surface area contributed by atoms with Gasteiger partial charge in [-0.05, 0) is 12.3 Å². The number of ether oxygens (including phenoxy) is 2. The molecule has 2 aliphatic rings. The molecule has 1 saturated carbocycles. The number of aliphatic hydroxyl groups excluding tert-OH is 2. The van der Waals surface area contributed by atoms with E-state index in [4.69, 9.17) is 9.47 Å². The van der Waals surface area contributed by atoms with Crippen LogP contribution in [0, 0.1) is 11.8 Å². The average molecular weight is 284 g/mol. The lowest BCUT2D eigenvalue weighted by Gasteiger charge is -2.17. The largest absolute Gasteiger partial charge is 0.392 e. The fourth-order valence-corrected chi connectivity index (χ4v) is 3.42. The molecule has 2 fully saturated rings. The molecule has 1 aliphatic heterocycles. The standard InChI is InChI=1S/C16H28O4/c1-3-4-5-6-11(17)7-8-12-13-9-16(19-2)20-15(13)10-14(12)18/h7-8,11-18H,3-6,9-10H2,1-2H3/t11-,12?,13+,14?,15+,16?/m0/s1. The van der Waals surface area contributed by atoms with Crippen LogP contribution >= 0.6 is 0 Å². The normalized spacial score (nSPS) is 38.5. The molecule has 0 amide bonds. The zero-order chi connectivity index (χ0) is 14.5. The number of methoxy groups -OCH3 is 1. The summed E-state index contributed by atoms with van der Waals surface area (Å²) in [7, 11) is 1.66. The Morgan fingerprint density at radius 2 is 2.15 bits per heavy atom. The molecule has 4 nitrogen and oxygen atoms in total. The second-order valence-electron chi connectivity index (χ2n) is 6.07. The van der Waals surface area contributed by atoms with Gasteiger partial charge in [-0.2, -0.15) is 0 Å². The minimum absolute atomic E-state index is 0.0842. The number of rotatable bonds is 7. The van der Waals surface area contributed by atoms with Gasteiger partial charge >= 0.3 is 0 Å². The summed E-state index contributed by atoms with van der Waals surface area (Å²) in [6.45, 7) is 2.16. The first-order valence-electron chi connectivity index (χ1n) is 7.88. The van der Waals surface area contributed by atoms with Gasteiger partial charge in [0, 0.05) is 25.9 Å². The van der Waals surface area contributed by atoms with Crippen LogP contribution in [0.4, 0.5) is 0 Å². The van der Waals surface area contributed by atoms with Gasteiger partial charge in [0.1, 0.15) is 0 Å². The van der Waals surface area contributed by atoms with Gasteiger partial charge in [-0.1, -0.05) is 38.3 Å². The molecule has 0 bridgehead atoms. The lowest BCUT2D eigenvalue weighted by Crippen LogP contribution is -2.19. The van der Waals surface area contributed by atoms with Crippen molar-refractivity contribution < 1.29 is 19.7 Å². The van der Waals surface area contributed by atoms with E-state index < -0.39 is 6.10 Å². The lowest BCUT2D eigenvalue weighted by molar-refractivity contribution is -0.118. The number of hydrogen-bond donors (Lipinski definition) is 2. The Hall–Kier alpha value is -0.420. The molecule has 6 atom stereocenters. The predicted molar refractivity (Wildman–Crippen MR) is 77.2 cm³/mol. The Balaban J connectivity index is 1.84. The molecule has 0 radical (unpaired) electrons. The Morgan fingerprint density at radius 1 is 1.35 bits per heavy atom. The number of hydrogen-bond acceptors (Lipinski definition) is 4. The second-order valence-corrected chi connectivity index (χ2v) is 6.07. The van der Waals surface area contributed by atoms with Crippen LogP contribution in [0.25, 0.3) is 0 Å². The van der Waals surface area contributed by atoms with Gasteiger partial charge in [0.25, 0.3) is 0 Å². The average Bonchev–Trinajstić information content (AvgIpc) is 2.93. The number of fused-ring (bicyclic) bond motifs is 1. The van der Waals surface area contributed by atoms with E-state index in [2.05, 4.69) is 6.92 Å². The quantitative estimate of drug-likeness (QED) is 0.556. The molecule has 0 aromatic rings. The molecule has 0 aromatic heterocycles. The van der Waals surface area contributed by atoms with Crippen molar-refractivity contribution in [3.63, 3.8) is 0 Å². The zero-order valence-electron chi connectivity index (χ0n) is 12.6. The van der Waals surface area contributed by atoms with E-state index in [1.54, 1.807) is 7.11 Å². The second kappa shape index (κ2) is 7.55. The fraction of sp³-hybridized carbons (Fsp3) is 0.875. The van der Waals surface area contributed by atoms with Crippen molar-refractivity contribution in [2.75, 3.05) is 7.11 Å². The van der Waals surface area contributed by atoms with Crippen LogP contribution in [0.1, 0.15) is 45.4 Å². The highest BCUT2D eigenvalue weighted by Crippen LogP contribution is 2.44. The highest BCUT2D eigenvalue weighted by molar-refractivity contribution is 5.06. The first-order chi connectivity index (χ1) is 9.65. The summed E-state index contributed by atoms with van der Waals surface area (Å²) in [5, 5.41) is 20.1. The monoisotopic (exact) mass is 284 g/mol. The third kappa shape index (κ3) is 3.82. The lowest BCUT2D eigenvalue weighted by atomic mass is 9.91. The van der Waals surface area contributed by atoms with E-state index in [0.717, 1.165) is 32.1 Å². The van der Waals surface area contributed by atoms with E-state index in [1.807, 2.05) is 12.2 Å². The van der Waals surface area contributed by atoms with E-state index in [1.165, 1.54) is 0 Å². The van der Waals surface area contributed by atoms with Crippen molar-refractivity contribution in [3.8, 4) is 0 Å². The molecule has 2 N–H and O–H groups in total.